The molecule has 0 aromatic carbocycles. The van der Waals surface area contributed by atoms with Crippen LogP contribution >= 0.6 is 0 Å². The van der Waals surface area contributed by atoms with Crippen molar-refractivity contribution in [2.75, 3.05) is 13.1 Å². The zero-order chi connectivity index (χ0) is 13.6. The Kier molecular flexibility index (Phi) is 2.57. The fourth-order valence-corrected chi connectivity index (χ4v) is 3.74. The molecular formula is C15H18N4O. The lowest BCUT2D eigenvalue weighted by molar-refractivity contribution is 0.0889. The van der Waals surface area contributed by atoms with Crippen LogP contribution in [-0.2, 0) is 0 Å². The average molecular weight is 270 g/mol. The van der Waals surface area contributed by atoms with E-state index in [1.165, 1.54) is 12.8 Å². The molecule has 1 amide bonds. The first-order chi connectivity index (χ1) is 9.77. The highest BCUT2D eigenvalue weighted by atomic mass is 16.2. The van der Waals surface area contributed by atoms with Crippen molar-refractivity contribution in [3.05, 3.63) is 30.2 Å². The van der Waals surface area contributed by atoms with Gasteiger partial charge < -0.3 is 15.6 Å². The quantitative estimate of drug-likeness (QED) is 0.773. The summed E-state index contributed by atoms with van der Waals surface area (Å²) in [6.45, 7) is 1.92. The predicted octanol–water partition coefficient (Wildman–Crippen LogP) is 1.43. The van der Waals surface area contributed by atoms with Gasteiger partial charge in [-0.25, -0.2) is 0 Å². The van der Waals surface area contributed by atoms with Gasteiger partial charge in [-0.3, -0.25) is 9.78 Å². The lowest BCUT2D eigenvalue weighted by Crippen LogP contribution is -2.51. The van der Waals surface area contributed by atoms with Crippen LogP contribution in [0.25, 0.3) is 10.9 Å². The molecule has 3 N–H and O–H groups in total. The van der Waals surface area contributed by atoms with E-state index in [0.29, 0.717) is 11.6 Å². The van der Waals surface area contributed by atoms with Gasteiger partial charge >= 0.3 is 0 Å². The Morgan fingerprint density at radius 1 is 1.50 bits per heavy atom. The molecule has 0 bridgehead atoms. The maximum Gasteiger partial charge on any atom is 0.268 e. The molecule has 20 heavy (non-hydrogen) atoms. The Labute approximate surface area is 117 Å². The van der Waals surface area contributed by atoms with Crippen LogP contribution in [0, 0.1) is 5.92 Å². The molecule has 0 radical (unpaired) electrons. The van der Waals surface area contributed by atoms with Crippen LogP contribution in [0.3, 0.4) is 0 Å². The summed E-state index contributed by atoms with van der Waals surface area (Å²) >= 11 is 0. The van der Waals surface area contributed by atoms with Gasteiger partial charge in [-0.2, -0.15) is 0 Å². The number of fused-ring (bicyclic) bond motifs is 2. The van der Waals surface area contributed by atoms with Crippen LogP contribution in [0.1, 0.15) is 29.8 Å². The number of pyridine rings is 1. The molecule has 2 aromatic rings. The van der Waals surface area contributed by atoms with Crippen LogP contribution in [0.4, 0.5) is 0 Å². The molecule has 5 heteroatoms. The number of nitrogens with one attached hydrogen (secondary N) is 3. The van der Waals surface area contributed by atoms with Crippen molar-refractivity contribution in [3.63, 3.8) is 0 Å². The summed E-state index contributed by atoms with van der Waals surface area (Å²) in [5.74, 6) is 0.578. The van der Waals surface area contributed by atoms with Gasteiger partial charge in [-0.15, -0.1) is 0 Å². The van der Waals surface area contributed by atoms with Gasteiger partial charge in [0.05, 0.1) is 5.54 Å². The minimum atomic E-state index is -0.0351. The van der Waals surface area contributed by atoms with Crippen molar-refractivity contribution in [2.24, 2.45) is 5.92 Å². The molecule has 1 saturated carbocycles. The van der Waals surface area contributed by atoms with Gasteiger partial charge in [0.25, 0.3) is 5.91 Å². The first-order valence-electron chi connectivity index (χ1n) is 7.23. The molecule has 0 unspecified atom stereocenters. The molecule has 0 spiro atoms. The Bertz CT molecular complexity index is 620. The molecule has 1 saturated heterocycles. The fraction of sp³-hybridized carbons (Fsp3) is 0.467. The maximum atomic E-state index is 12.5. The molecule has 5 nitrogen and oxygen atoms in total. The molecule has 2 fully saturated rings. The number of hydrogen-bond acceptors (Lipinski definition) is 3. The number of aromatic nitrogens is 2. The number of amides is 1. The highest BCUT2D eigenvalue weighted by Crippen LogP contribution is 2.38. The second kappa shape index (κ2) is 4.31. The third-order valence-corrected chi connectivity index (χ3v) is 4.82. The zero-order valence-corrected chi connectivity index (χ0v) is 11.3. The van der Waals surface area contributed by atoms with Crippen molar-refractivity contribution in [1.29, 1.82) is 0 Å². The van der Waals surface area contributed by atoms with E-state index < -0.39 is 0 Å². The first-order valence-corrected chi connectivity index (χ1v) is 7.23. The number of H-pyrrole nitrogens is 1. The summed E-state index contributed by atoms with van der Waals surface area (Å²) in [5, 5.41) is 7.67. The number of hydrogen-bond donors (Lipinski definition) is 3. The Morgan fingerprint density at radius 2 is 2.45 bits per heavy atom. The highest BCUT2D eigenvalue weighted by molar-refractivity contribution is 5.98. The molecule has 3 heterocycles. The van der Waals surface area contributed by atoms with Crippen LogP contribution in [0.2, 0.25) is 0 Å². The Balaban J connectivity index is 1.61. The topological polar surface area (TPSA) is 69.8 Å². The molecule has 1 aliphatic carbocycles. The van der Waals surface area contributed by atoms with E-state index in [1.807, 2.05) is 12.1 Å². The van der Waals surface area contributed by atoms with E-state index in [9.17, 15) is 4.79 Å². The van der Waals surface area contributed by atoms with Crippen LogP contribution in [0.5, 0.6) is 0 Å². The summed E-state index contributed by atoms with van der Waals surface area (Å²) in [5.41, 5.74) is 1.54. The lowest BCUT2D eigenvalue weighted by atomic mass is 9.90. The second-order valence-electron chi connectivity index (χ2n) is 5.98. The van der Waals surface area contributed by atoms with E-state index in [-0.39, 0.29) is 11.4 Å². The fourth-order valence-electron chi connectivity index (χ4n) is 3.74. The Hall–Kier alpha value is -1.88. The van der Waals surface area contributed by atoms with Crippen molar-refractivity contribution >= 4 is 16.8 Å². The van der Waals surface area contributed by atoms with Gasteiger partial charge in [-0.05, 0) is 30.9 Å². The summed E-state index contributed by atoms with van der Waals surface area (Å²) in [6, 6.07) is 3.76. The summed E-state index contributed by atoms with van der Waals surface area (Å²) in [4.78, 5) is 19.8. The number of aromatic amines is 1. The smallest absolute Gasteiger partial charge is 0.268 e. The average Bonchev–Trinajstić information content (AvgIpc) is 3.09. The molecule has 104 valence electrons. The second-order valence-corrected chi connectivity index (χ2v) is 5.98. The van der Waals surface area contributed by atoms with Crippen molar-refractivity contribution < 1.29 is 4.79 Å². The third kappa shape index (κ3) is 1.73. The van der Waals surface area contributed by atoms with Crippen LogP contribution in [0.15, 0.2) is 24.5 Å². The molecule has 2 aromatic heterocycles. The highest BCUT2D eigenvalue weighted by Gasteiger charge is 2.47. The largest absolute Gasteiger partial charge is 0.350 e. The zero-order valence-electron chi connectivity index (χ0n) is 11.3. The van der Waals surface area contributed by atoms with Crippen molar-refractivity contribution in [2.45, 2.75) is 24.8 Å². The van der Waals surface area contributed by atoms with Gasteiger partial charge in [0.15, 0.2) is 0 Å². The van der Waals surface area contributed by atoms with Crippen LogP contribution < -0.4 is 10.6 Å². The number of carbonyl (C=O) groups excluding carboxylic acids is 1. The van der Waals surface area contributed by atoms with Gasteiger partial charge in [-0.1, -0.05) is 6.42 Å². The van der Waals surface area contributed by atoms with E-state index in [0.717, 1.165) is 30.4 Å². The SMILES string of the molecule is O=C(N[C@]12CCC[C@H]1CNC2)c1cc2cnccc2[nH]1. The molecule has 2 atom stereocenters. The monoisotopic (exact) mass is 270 g/mol. The minimum absolute atomic E-state index is 0.00296. The third-order valence-electron chi connectivity index (χ3n) is 4.82. The van der Waals surface area contributed by atoms with Crippen LogP contribution in [-0.4, -0.2) is 34.5 Å². The van der Waals surface area contributed by atoms with Gasteiger partial charge in [0.2, 0.25) is 0 Å². The first kappa shape index (κ1) is 11.9. The maximum absolute atomic E-state index is 12.5. The Morgan fingerprint density at radius 3 is 3.35 bits per heavy atom. The molecule has 4 rings (SSSR count). The number of carbonyl (C=O) groups is 1. The molecule has 1 aliphatic heterocycles. The van der Waals surface area contributed by atoms with E-state index >= 15 is 0 Å². The van der Waals surface area contributed by atoms with Gasteiger partial charge in [0, 0.05) is 36.4 Å². The standard InChI is InChI=1S/C15H18N4O/c20-14(13-6-10-7-16-5-3-12(10)18-13)19-15-4-1-2-11(15)8-17-9-15/h3,5-7,11,17-18H,1-2,4,8-9H2,(H,19,20)/t11-,15-/m0/s1. The number of nitrogens with zero attached hydrogens (tertiary/aromatic N) is 1. The lowest BCUT2D eigenvalue weighted by Gasteiger charge is -2.29. The summed E-state index contributed by atoms with van der Waals surface area (Å²) < 4.78 is 0. The minimum Gasteiger partial charge on any atom is -0.350 e. The molecular weight excluding hydrogens is 252 g/mol. The summed E-state index contributed by atoms with van der Waals surface area (Å²) in [7, 11) is 0. The normalized spacial score (nSPS) is 28.7. The van der Waals surface area contributed by atoms with E-state index in [2.05, 4.69) is 20.6 Å². The van der Waals surface area contributed by atoms with Crippen molar-refractivity contribution in [3.8, 4) is 0 Å². The summed E-state index contributed by atoms with van der Waals surface area (Å²) in [6.07, 6.45) is 7.01. The van der Waals surface area contributed by atoms with Gasteiger partial charge in [0.1, 0.15) is 5.69 Å². The predicted molar refractivity (Wildman–Crippen MR) is 76.5 cm³/mol. The van der Waals surface area contributed by atoms with E-state index in [4.69, 9.17) is 0 Å². The number of rotatable bonds is 2. The van der Waals surface area contributed by atoms with E-state index in [1.54, 1.807) is 12.4 Å². The van der Waals surface area contributed by atoms with Crippen molar-refractivity contribution in [1.82, 2.24) is 20.6 Å². The molecule has 2 aliphatic rings.